The number of carbonyl (C=O) groups is 3. The van der Waals surface area contributed by atoms with Gasteiger partial charge in [0.2, 0.25) is 0 Å². The van der Waals surface area contributed by atoms with Gasteiger partial charge in [-0.3, -0.25) is 14.4 Å². The molecule has 0 atom stereocenters. The maximum absolute atomic E-state index is 9.76. The smallest absolute Gasteiger partial charge is 0.317 e. The van der Waals surface area contributed by atoms with Gasteiger partial charge in [-0.25, -0.2) is 0 Å². The van der Waals surface area contributed by atoms with Gasteiger partial charge in [-0.15, -0.1) is 0 Å². The third-order valence-electron chi connectivity index (χ3n) is 0.603. The monoisotopic (exact) mass is 255 g/mol. The van der Waals surface area contributed by atoms with Crippen LogP contribution in [0.15, 0.2) is 0 Å². The van der Waals surface area contributed by atoms with Gasteiger partial charge >= 0.3 is 5.97 Å². The number of carboxylic acid groups (broad SMARTS) is 3. The average molecular weight is 255 g/mol. The van der Waals surface area contributed by atoms with Gasteiger partial charge in [0.25, 0.3) is 11.9 Å². The van der Waals surface area contributed by atoms with Gasteiger partial charge in [-0.05, 0) is 0 Å². The fraction of sp³-hybridized carbons (Fsp3) is 0.625. The van der Waals surface area contributed by atoms with Crippen LogP contribution < -0.4 is 5.32 Å². The van der Waals surface area contributed by atoms with Gasteiger partial charge in [0.05, 0.1) is 6.54 Å². The fourth-order valence-electron chi connectivity index (χ4n) is 0.308. The Morgan fingerprint density at radius 1 is 1.00 bits per heavy atom. The lowest BCUT2D eigenvalue weighted by Gasteiger charge is -2.01. The van der Waals surface area contributed by atoms with E-state index in [1.54, 1.807) is 0 Å². The summed E-state index contributed by atoms with van der Waals surface area (Å²) in [5.74, 6) is -2.68. The summed E-state index contributed by atoms with van der Waals surface area (Å²) in [6.07, 6.45) is -1.48. The molecule has 0 aromatic carbocycles. The summed E-state index contributed by atoms with van der Waals surface area (Å²) >= 11 is 0. The van der Waals surface area contributed by atoms with Crippen LogP contribution in [0, 0.1) is 0 Å². The second-order valence-electron chi connectivity index (χ2n) is 2.54. The molecular formula is C8H17NO8. The van der Waals surface area contributed by atoms with Gasteiger partial charge in [0.1, 0.15) is 0 Å². The van der Waals surface area contributed by atoms with Crippen molar-refractivity contribution in [2.75, 3.05) is 13.1 Å². The van der Waals surface area contributed by atoms with E-state index in [0.717, 1.165) is 13.8 Å². The van der Waals surface area contributed by atoms with Crippen LogP contribution in [0.4, 0.5) is 0 Å². The molecule has 0 aliphatic heterocycles. The SMILES string of the molecule is CC(=O)O.CC(=O)O.O=C(O)CNCC(O)O. The highest BCUT2D eigenvalue weighted by Gasteiger charge is 1.97. The van der Waals surface area contributed by atoms with Crippen molar-refractivity contribution in [2.24, 2.45) is 0 Å². The lowest BCUT2D eigenvalue weighted by atomic mass is 10.6. The van der Waals surface area contributed by atoms with E-state index in [9.17, 15) is 4.79 Å². The first kappa shape index (κ1) is 20.7. The number of aliphatic hydroxyl groups excluding tert-OH is 1. The van der Waals surface area contributed by atoms with Crippen molar-refractivity contribution in [2.45, 2.75) is 20.1 Å². The zero-order valence-corrected chi connectivity index (χ0v) is 9.45. The van der Waals surface area contributed by atoms with Crippen LogP contribution in [-0.2, 0) is 14.4 Å². The number of hydrogen-bond donors (Lipinski definition) is 6. The van der Waals surface area contributed by atoms with Crippen molar-refractivity contribution < 1.29 is 39.9 Å². The van der Waals surface area contributed by atoms with Gasteiger partial charge < -0.3 is 30.8 Å². The van der Waals surface area contributed by atoms with Crippen LogP contribution in [0.2, 0.25) is 0 Å². The summed E-state index contributed by atoms with van der Waals surface area (Å²) in [7, 11) is 0. The van der Waals surface area contributed by atoms with E-state index in [4.69, 9.17) is 35.1 Å². The molecule has 102 valence electrons. The van der Waals surface area contributed by atoms with E-state index >= 15 is 0 Å². The van der Waals surface area contributed by atoms with E-state index in [1.807, 2.05) is 0 Å². The second-order valence-corrected chi connectivity index (χ2v) is 2.54. The number of hydrogen-bond acceptors (Lipinski definition) is 6. The molecule has 0 unspecified atom stereocenters. The van der Waals surface area contributed by atoms with E-state index in [-0.39, 0.29) is 13.1 Å². The molecule has 0 saturated heterocycles. The first-order valence-electron chi connectivity index (χ1n) is 4.27. The summed E-state index contributed by atoms with van der Waals surface area (Å²) < 4.78 is 0. The molecule has 9 heteroatoms. The van der Waals surface area contributed by atoms with E-state index in [2.05, 4.69) is 5.32 Å². The van der Waals surface area contributed by atoms with Crippen molar-refractivity contribution in [3.8, 4) is 0 Å². The van der Waals surface area contributed by atoms with Gasteiger partial charge in [-0.2, -0.15) is 0 Å². The predicted octanol–water partition coefficient (Wildman–Crippen LogP) is -1.85. The Kier molecular flexibility index (Phi) is 17.4. The summed E-state index contributed by atoms with van der Waals surface area (Å²) in [5.41, 5.74) is 0. The highest BCUT2D eigenvalue weighted by atomic mass is 16.5. The Balaban J connectivity index is -0.000000205. The van der Waals surface area contributed by atoms with Crippen LogP contribution in [0.1, 0.15) is 13.8 Å². The zero-order chi connectivity index (χ0) is 14.4. The first-order chi connectivity index (χ1) is 7.59. The van der Waals surface area contributed by atoms with E-state index in [0.29, 0.717) is 0 Å². The molecular weight excluding hydrogens is 238 g/mol. The van der Waals surface area contributed by atoms with Crippen molar-refractivity contribution in [3.63, 3.8) is 0 Å². The average Bonchev–Trinajstić information content (AvgIpc) is 1.99. The van der Waals surface area contributed by atoms with Crippen LogP contribution >= 0.6 is 0 Å². The molecule has 0 aliphatic rings. The summed E-state index contributed by atoms with van der Waals surface area (Å²) in [4.78, 5) is 27.8. The van der Waals surface area contributed by atoms with Crippen molar-refractivity contribution in [1.29, 1.82) is 0 Å². The molecule has 0 aromatic rings. The lowest BCUT2D eigenvalue weighted by Crippen LogP contribution is -2.30. The second kappa shape index (κ2) is 14.3. The third-order valence-corrected chi connectivity index (χ3v) is 0.603. The van der Waals surface area contributed by atoms with E-state index in [1.165, 1.54) is 0 Å². The standard InChI is InChI=1S/C4H9NO4.2C2H4O2/c6-3(7)1-5-2-4(8)9;2*1-2(3)4/h3,5-7H,1-2H2,(H,8,9);2*1H3,(H,3,4). The highest BCUT2D eigenvalue weighted by molar-refractivity contribution is 5.68. The Morgan fingerprint density at radius 2 is 1.29 bits per heavy atom. The molecule has 0 aliphatic carbocycles. The summed E-state index contributed by atoms with van der Waals surface area (Å²) in [6.45, 7) is 1.80. The van der Waals surface area contributed by atoms with Gasteiger partial charge in [-0.1, -0.05) is 0 Å². The Morgan fingerprint density at radius 3 is 1.47 bits per heavy atom. The molecule has 0 heterocycles. The third kappa shape index (κ3) is 117. The zero-order valence-electron chi connectivity index (χ0n) is 9.45. The largest absolute Gasteiger partial charge is 0.481 e. The quantitative estimate of drug-likeness (QED) is 0.316. The van der Waals surface area contributed by atoms with E-state index < -0.39 is 24.2 Å². The predicted molar refractivity (Wildman–Crippen MR) is 55.4 cm³/mol. The molecule has 0 amide bonds. The highest BCUT2D eigenvalue weighted by Crippen LogP contribution is 1.68. The molecule has 0 aromatic heterocycles. The topological polar surface area (TPSA) is 164 Å². The van der Waals surface area contributed by atoms with Crippen LogP contribution in [0.3, 0.4) is 0 Å². The van der Waals surface area contributed by atoms with Gasteiger partial charge in [0.15, 0.2) is 6.29 Å². The molecule has 0 spiro atoms. The Bertz CT molecular complexity index is 208. The number of aliphatic carboxylic acids is 3. The molecule has 17 heavy (non-hydrogen) atoms. The number of nitrogens with one attached hydrogen (secondary N) is 1. The van der Waals surface area contributed by atoms with Crippen molar-refractivity contribution >= 4 is 17.9 Å². The summed E-state index contributed by atoms with van der Waals surface area (Å²) in [6, 6.07) is 0. The number of rotatable bonds is 4. The number of carboxylic acids is 3. The minimum absolute atomic E-state index is 0.119. The molecule has 0 fully saturated rings. The Hall–Kier alpha value is -1.71. The lowest BCUT2D eigenvalue weighted by molar-refractivity contribution is -0.136. The molecule has 6 N–H and O–H groups in total. The van der Waals surface area contributed by atoms with Crippen molar-refractivity contribution in [1.82, 2.24) is 5.32 Å². The minimum Gasteiger partial charge on any atom is -0.481 e. The van der Waals surface area contributed by atoms with Gasteiger partial charge in [0, 0.05) is 20.4 Å². The van der Waals surface area contributed by atoms with Crippen LogP contribution in [-0.4, -0.2) is 62.8 Å². The first-order valence-corrected chi connectivity index (χ1v) is 4.27. The summed E-state index contributed by atoms with van der Waals surface area (Å²) in [5, 5.41) is 41.4. The maximum Gasteiger partial charge on any atom is 0.317 e. The fourth-order valence-corrected chi connectivity index (χ4v) is 0.308. The normalized spacial score (nSPS) is 8.29. The molecule has 0 saturated carbocycles. The van der Waals surface area contributed by atoms with Crippen molar-refractivity contribution in [3.05, 3.63) is 0 Å². The minimum atomic E-state index is -1.48. The molecule has 0 radical (unpaired) electrons. The molecule has 0 bridgehead atoms. The molecule has 9 nitrogen and oxygen atoms in total. The molecule has 0 rings (SSSR count). The number of aliphatic hydroxyl groups is 2. The Labute approximate surface area is 97.3 Å². The maximum atomic E-state index is 9.76. The van der Waals surface area contributed by atoms with Crippen LogP contribution in [0.25, 0.3) is 0 Å². The van der Waals surface area contributed by atoms with Crippen LogP contribution in [0.5, 0.6) is 0 Å².